The summed E-state index contributed by atoms with van der Waals surface area (Å²) in [5.41, 5.74) is 5.78. The fourth-order valence-electron chi connectivity index (χ4n) is 3.06. The fourth-order valence-corrected chi connectivity index (χ4v) is 5.53. The molecule has 7 heteroatoms. The highest BCUT2D eigenvalue weighted by molar-refractivity contribution is 7.89. The maximum absolute atomic E-state index is 12.9. The lowest BCUT2D eigenvalue weighted by Crippen LogP contribution is -2.44. The average Bonchev–Trinajstić information content (AvgIpc) is 2.90. The quantitative estimate of drug-likeness (QED) is 0.886. The Bertz CT molecular complexity index is 607. The molecule has 0 bridgehead atoms. The van der Waals surface area contributed by atoms with Gasteiger partial charge in [0, 0.05) is 12.6 Å². The van der Waals surface area contributed by atoms with Crippen molar-refractivity contribution in [2.24, 2.45) is 11.7 Å². The van der Waals surface area contributed by atoms with E-state index < -0.39 is 10.0 Å². The van der Waals surface area contributed by atoms with Crippen LogP contribution < -0.4 is 5.73 Å². The van der Waals surface area contributed by atoms with E-state index in [1.54, 1.807) is 12.1 Å². The Hall–Kier alpha value is -0.330. The minimum Gasteiger partial charge on any atom is -0.330 e. The van der Waals surface area contributed by atoms with E-state index in [9.17, 15) is 8.42 Å². The van der Waals surface area contributed by atoms with Gasteiger partial charge >= 0.3 is 0 Å². The summed E-state index contributed by atoms with van der Waals surface area (Å²) >= 11 is 12.0. The molecule has 1 aliphatic rings. The van der Waals surface area contributed by atoms with Gasteiger partial charge in [0.05, 0.1) is 10.0 Å². The highest BCUT2D eigenvalue weighted by Crippen LogP contribution is 2.36. The van der Waals surface area contributed by atoms with Crippen molar-refractivity contribution in [2.45, 2.75) is 37.1 Å². The van der Waals surface area contributed by atoms with E-state index in [2.05, 4.69) is 0 Å². The Morgan fingerprint density at radius 1 is 1.33 bits per heavy atom. The summed E-state index contributed by atoms with van der Waals surface area (Å²) in [6, 6.07) is 4.63. The topological polar surface area (TPSA) is 63.4 Å². The molecule has 0 amide bonds. The van der Waals surface area contributed by atoms with Crippen molar-refractivity contribution in [1.29, 1.82) is 0 Å². The maximum atomic E-state index is 12.9. The van der Waals surface area contributed by atoms with Crippen LogP contribution in [0.5, 0.6) is 0 Å². The Labute approximate surface area is 136 Å². The van der Waals surface area contributed by atoms with Crippen LogP contribution in [0.2, 0.25) is 10.0 Å². The molecule has 2 rings (SSSR count). The molecule has 1 aromatic carbocycles. The molecule has 0 saturated heterocycles. The van der Waals surface area contributed by atoms with E-state index >= 15 is 0 Å². The first-order valence-electron chi connectivity index (χ1n) is 7.09. The number of hydrogen-bond acceptors (Lipinski definition) is 3. The third-order valence-electron chi connectivity index (χ3n) is 4.11. The van der Waals surface area contributed by atoms with Gasteiger partial charge < -0.3 is 5.73 Å². The monoisotopic (exact) mass is 350 g/mol. The van der Waals surface area contributed by atoms with Crippen molar-refractivity contribution < 1.29 is 8.42 Å². The molecule has 21 heavy (non-hydrogen) atoms. The van der Waals surface area contributed by atoms with Gasteiger partial charge in [-0.3, -0.25) is 0 Å². The minimum atomic E-state index is -3.67. The van der Waals surface area contributed by atoms with Crippen molar-refractivity contribution in [3.63, 3.8) is 0 Å². The smallest absolute Gasteiger partial charge is 0.244 e. The lowest BCUT2D eigenvalue weighted by Gasteiger charge is -2.31. The largest absolute Gasteiger partial charge is 0.330 e. The zero-order valence-electron chi connectivity index (χ0n) is 11.9. The van der Waals surface area contributed by atoms with Crippen LogP contribution in [0.3, 0.4) is 0 Å². The summed E-state index contributed by atoms with van der Waals surface area (Å²) in [5, 5.41) is 0.329. The van der Waals surface area contributed by atoms with Gasteiger partial charge in [0.15, 0.2) is 0 Å². The number of nitrogens with zero attached hydrogens (tertiary/aromatic N) is 1. The van der Waals surface area contributed by atoms with Crippen molar-refractivity contribution in [2.75, 3.05) is 13.1 Å². The number of rotatable bonds is 5. The molecular formula is C14H20Cl2N2O2S. The molecule has 0 radical (unpaired) electrons. The number of benzene rings is 1. The maximum Gasteiger partial charge on any atom is 0.244 e. The van der Waals surface area contributed by atoms with Crippen molar-refractivity contribution in [3.05, 3.63) is 28.2 Å². The van der Waals surface area contributed by atoms with Crippen LogP contribution in [0.1, 0.15) is 26.2 Å². The van der Waals surface area contributed by atoms with E-state index in [0.717, 1.165) is 19.3 Å². The van der Waals surface area contributed by atoms with E-state index in [1.165, 1.54) is 10.4 Å². The second-order valence-corrected chi connectivity index (χ2v) is 7.90. The van der Waals surface area contributed by atoms with Gasteiger partial charge in [-0.2, -0.15) is 4.31 Å². The summed E-state index contributed by atoms with van der Waals surface area (Å²) in [6.07, 6.45) is 2.81. The van der Waals surface area contributed by atoms with Crippen molar-refractivity contribution in [1.82, 2.24) is 4.31 Å². The molecule has 1 aromatic rings. The number of sulfonamides is 1. The molecule has 2 N–H and O–H groups in total. The van der Waals surface area contributed by atoms with Gasteiger partial charge in [0.25, 0.3) is 0 Å². The van der Waals surface area contributed by atoms with Crippen LogP contribution in [0.25, 0.3) is 0 Å². The second-order valence-electron chi connectivity index (χ2n) is 5.25. The van der Waals surface area contributed by atoms with Crippen LogP contribution in [0.4, 0.5) is 0 Å². The van der Waals surface area contributed by atoms with Gasteiger partial charge in [0.1, 0.15) is 4.90 Å². The Balaban J connectivity index is 2.43. The molecule has 0 heterocycles. The summed E-state index contributed by atoms with van der Waals surface area (Å²) in [5.74, 6) is 0.206. The van der Waals surface area contributed by atoms with Gasteiger partial charge in [-0.1, -0.05) is 42.6 Å². The number of nitrogens with two attached hydrogens (primary N) is 1. The van der Waals surface area contributed by atoms with E-state index in [0.29, 0.717) is 13.1 Å². The van der Waals surface area contributed by atoms with Crippen LogP contribution in [0, 0.1) is 5.92 Å². The first-order chi connectivity index (χ1) is 9.93. The molecule has 0 aromatic heterocycles. The summed E-state index contributed by atoms with van der Waals surface area (Å²) in [7, 11) is -3.67. The molecular weight excluding hydrogens is 331 g/mol. The molecule has 1 fully saturated rings. The lowest BCUT2D eigenvalue weighted by molar-refractivity contribution is 0.276. The van der Waals surface area contributed by atoms with E-state index in [1.807, 2.05) is 6.92 Å². The SMILES string of the molecule is CCN(C1CCCC1CN)S(=O)(=O)c1cccc(Cl)c1Cl. The number of halogens is 2. The molecule has 4 nitrogen and oxygen atoms in total. The van der Waals surface area contributed by atoms with Crippen LogP contribution in [-0.4, -0.2) is 31.9 Å². The van der Waals surface area contributed by atoms with Crippen molar-refractivity contribution in [3.8, 4) is 0 Å². The first kappa shape index (κ1) is 17.0. The Morgan fingerprint density at radius 2 is 2.05 bits per heavy atom. The van der Waals surface area contributed by atoms with E-state index in [-0.39, 0.29) is 26.9 Å². The average molecular weight is 351 g/mol. The van der Waals surface area contributed by atoms with Crippen molar-refractivity contribution >= 4 is 33.2 Å². The molecule has 2 unspecified atom stereocenters. The predicted molar refractivity (Wildman–Crippen MR) is 86.2 cm³/mol. The predicted octanol–water partition coefficient (Wildman–Crippen LogP) is 3.13. The minimum absolute atomic E-state index is 0.0555. The van der Waals surface area contributed by atoms with E-state index in [4.69, 9.17) is 28.9 Å². The van der Waals surface area contributed by atoms with Gasteiger partial charge in [-0.05, 0) is 37.4 Å². The normalized spacial score (nSPS) is 22.9. The molecule has 118 valence electrons. The molecule has 0 spiro atoms. The third kappa shape index (κ3) is 3.22. The Morgan fingerprint density at radius 3 is 2.67 bits per heavy atom. The van der Waals surface area contributed by atoms with Gasteiger partial charge in [-0.25, -0.2) is 8.42 Å². The number of hydrogen-bond donors (Lipinski definition) is 1. The Kier molecular flexibility index (Phi) is 5.54. The van der Waals surface area contributed by atoms with Gasteiger partial charge in [0.2, 0.25) is 10.0 Å². The highest BCUT2D eigenvalue weighted by Gasteiger charge is 2.38. The van der Waals surface area contributed by atoms with Crippen LogP contribution in [-0.2, 0) is 10.0 Å². The standard InChI is InChI=1S/C14H20Cl2N2O2S/c1-2-18(12-7-3-5-10(12)9-17)21(19,20)13-8-4-6-11(15)14(13)16/h4,6,8,10,12H,2-3,5,7,9,17H2,1H3. The molecule has 1 aliphatic carbocycles. The molecule has 1 saturated carbocycles. The fraction of sp³-hybridized carbons (Fsp3) is 0.571. The summed E-state index contributed by atoms with van der Waals surface area (Å²) in [6.45, 7) is 2.73. The van der Waals surface area contributed by atoms with Crippen LogP contribution >= 0.6 is 23.2 Å². The third-order valence-corrected chi connectivity index (χ3v) is 7.08. The molecule has 2 atom stereocenters. The summed E-state index contributed by atoms with van der Waals surface area (Å²) in [4.78, 5) is 0.0705. The zero-order valence-corrected chi connectivity index (χ0v) is 14.3. The highest BCUT2D eigenvalue weighted by atomic mass is 35.5. The second kappa shape index (κ2) is 6.84. The zero-order chi connectivity index (χ0) is 15.6. The van der Waals surface area contributed by atoms with Crippen LogP contribution in [0.15, 0.2) is 23.1 Å². The first-order valence-corrected chi connectivity index (χ1v) is 9.29. The summed E-state index contributed by atoms with van der Waals surface area (Å²) < 4.78 is 27.4. The van der Waals surface area contributed by atoms with Gasteiger partial charge in [-0.15, -0.1) is 0 Å². The molecule has 0 aliphatic heterocycles. The lowest BCUT2D eigenvalue weighted by atomic mass is 10.0.